The highest BCUT2D eigenvalue weighted by Crippen LogP contribution is 1.88. The molecular weight excluding hydrogens is 127 g/mol. The van der Waals surface area contributed by atoms with Crippen LogP contribution in [0.5, 0.6) is 0 Å². The fourth-order valence-corrected chi connectivity index (χ4v) is 0.500. The van der Waals surface area contributed by atoms with Crippen molar-refractivity contribution < 1.29 is 14.7 Å². The molecule has 0 saturated heterocycles. The number of hydrogen-bond donors (Lipinski definition) is 1. The van der Waals surface area contributed by atoms with E-state index >= 15 is 0 Å². The van der Waals surface area contributed by atoms with Gasteiger partial charge >= 0.3 is 5.97 Å². The Morgan fingerprint density at radius 2 is 2.00 bits per heavy atom. The van der Waals surface area contributed by atoms with E-state index in [2.05, 4.69) is 9.24 Å². The van der Waals surface area contributed by atoms with Gasteiger partial charge < -0.3 is 5.11 Å². The highest BCUT2D eigenvalue weighted by Gasteiger charge is 2.07. The Bertz CT molecular complexity index is 110. The first-order valence-corrected chi connectivity index (χ1v) is 2.96. The number of carbonyl (C=O) groups is 2. The Morgan fingerprint density at radius 3 is 2.12 bits per heavy atom. The van der Waals surface area contributed by atoms with Crippen LogP contribution in [-0.4, -0.2) is 23.0 Å². The van der Waals surface area contributed by atoms with Gasteiger partial charge in [0.2, 0.25) is 5.78 Å². The molecule has 1 atom stereocenters. The molecule has 0 aliphatic carbocycles. The zero-order valence-corrected chi connectivity index (χ0v) is 5.41. The summed E-state index contributed by atoms with van der Waals surface area (Å²) in [5, 5.41) is 7.95. The lowest BCUT2D eigenvalue weighted by atomic mass is 10.3. The summed E-state index contributed by atoms with van der Waals surface area (Å²) in [6, 6.07) is 0. The van der Waals surface area contributed by atoms with Crippen molar-refractivity contribution in [1.82, 2.24) is 0 Å². The number of carboxylic acids is 1. The van der Waals surface area contributed by atoms with E-state index in [4.69, 9.17) is 5.11 Å². The molecule has 0 aromatic heterocycles. The van der Waals surface area contributed by atoms with Gasteiger partial charge in [0.1, 0.15) is 0 Å². The average molecular weight is 134 g/mol. The van der Waals surface area contributed by atoms with E-state index in [0.717, 1.165) is 0 Å². The Kier molecular flexibility index (Phi) is 3.37. The van der Waals surface area contributed by atoms with Crippen LogP contribution in [0, 0.1) is 0 Å². The van der Waals surface area contributed by atoms with Gasteiger partial charge in [-0.1, -0.05) is 0 Å². The number of hydrogen-bond acceptors (Lipinski definition) is 2. The van der Waals surface area contributed by atoms with Crippen molar-refractivity contribution in [2.45, 2.75) is 6.42 Å². The summed E-state index contributed by atoms with van der Waals surface area (Å²) in [6.07, 6.45) is 0.630. The van der Waals surface area contributed by atoms with Crippen molar-refractivity contribution in [1.29, 1.82) is 0 Å². The highest BCUT2D eigenvalue weighted by molar-refractivity contribution is 7.16. The maximum absolute atomic E-state index is 10.1. The lowest BCUT2D eigenvalue weighted by molar-refractivity contribution is -0.148. The van der Waals surface area contributed by atoms with Crippen LogP contribution in [0.3, 0.4) is 0 Å². The number of aliphatic carboxylic acids is 1. The predicted molar refractivity (Wildman–Crippen MR) is 31.8 cm³/mol. The standard InChI is InChI=1S/C4H7O3P/c5-3(1-2-8)4(6)7/h1-2,8H2,(H,6,7). The van der Waals surface area contributed by atoms with E-state index < -0.39 is 11.8 Å². The molecule has 4 heteroatoms. The SMILES string of the molecule is O=C(O)C(=O)CCP. The molecule has 0 rings (SSSR count). The highest BCUT2D eigenvalue weighted by atomic mass is 31.0. The van der Waals surface area contributed by atoms with E-state index in [1.807, 2.05) is 0 Å². The molecule has 0 aromatic rings. The van der Waals surface area contributed by atoms with E-state index in [9.17, 15) is 9.59 Å². The van der Waals surface area contributed by atoms with E-state index in [-0.39, 0.29) is 6.42 Å². The minimum absolute atomic E-state index is 0.111. The topological polar surface area (TPSA) is 54.4 Å². The summed E-state index contributed by atoms with van der Waals surface area (Å²) >= 11 is 0. The van der Waals surface area contributed by atoms with Crippen molar-refractivity contribution in [3.05, 3.63) is 0 Å². The lowest BCUT2D eigenvalue weighted by Crippen LogP contribution is -2.11. The molecule has 1 N–H and O–H groups in total. The molecule has 0 saturated carbocycles. The molecule has 0 fully saturated rings. The Labute approximate surface area is 49.3 Å². The largest absolute Gasteiger partial charge is 0.476 e. The second kappa shape index (κ2) is 3.56. The molecule has 0 aliphatic heterocycles. The summed E-state index contributed by atoms with van der Waals surface area (Å²) in [4.78, 5) is 19.9. The number of Topliss-reactive ketones (excluding diaryl/α,β-unsaturated/α-hetero) is 1. The third-order valence-electron chi connectivity index (χ3n) is 0.610. The van der Waals surface area contributed by atoms with Gasteiger partial charge in [-0.25, -0.2) is 4.79 Å². The molecule has 46 valence electrons. The molecule has 0 heterocycles. The van der Waals surface area contributed by atoms with Gasteiger partial charge in [0.05, 0.1) is 0 Å². The van der Waals surface area contributed by atoms with Crippen LogP contribution >= 0.6 is 9.24 Å². The van der Waals surface area contributed by atoms with Crippen molar-refractivity contribution in [3.8, 4) is 0 Å². The average Bonchev–Trinajstić information content (AvgIpc) is 1.67. The number of rotatable bonds is 3. The summed E-state index contributed by atoms with van der Waals surface area (Å²) in [6.45, 7) is 0. The van der Waals surface area contributed by atoms with Crippen LogP contribution in [0.15, 0.2) is 0 Å². The number of ketones is 1. The second-order valence-corrected chi connectivity index (χ2v) is 1.84. The summed E-state index contributed by atoms with van der Waals surface area (Å²) in [5.74, 6) is -2.06. The van der Waals surface area contributed by atoms with Gasteiger partial charge in [-0.05, 0) is 6.16 Å². The zero-order chi connectivity index (χ0) is 6.57. The van der Waals surface area contributed by atoms with Gasteiger partial charge in [-0.15, -0.1) is 9.24 Å². The van der Waals surface area contributed by atoms with Gasteiger partial charge in [0.15, 0.2) is 0 Å². The first-order chi connectivity index (χ1) is 3.68. The van der Waals surface area contributed by atoms with Crippen LogP contribution in [-0.2, 0) is 9.59 Å². The monoisotopic (exact) mass is 134 g/mol. The van der Waals surface area contributed by atoms with Gasteiger partial charge in [0, 0.05) is 6.42 Å². The molecule has 0 radical (unpaired) electrons. The number of carboxylic acid groups (broad SMARTS) is 1. The van der Waals surface area contributed by atoms with E-state index in [0.29, 0.717) is 6.16 Å². The van der Waals surface area contributed by atoms with E-state index in [1.165, 1.54) is 0 Å². The first kappa shape index (κ1) is 7.57. The Balaban J connectivity index is 3.49. The van der Waals surface area contributed by atoms with Crippen molar-refractivity contribution in [2.75, 3.05) is 6.16 Å². The van der Waals surface area contributed by atoms with Crippen molar-refractivity contribution in [3.63, 3.8) is 0 Å². The molecule has 0 aliphatic rings. The molecule has 0 amide bonds. The molecule has 3 nitrogen and oxygen atoms in total. The fraction of sp³-hybridized carbons (Fsp3) is 0.500. The molecule has 0 bridgehead atoms. The van der Waals surface area contributed by atoms with Crippen molar-refractivity contribution >= 4 is 21.0 Å². The van der Waals surface area contributed by atoms with Crippen LogP contribution < -0.4 is 0 Å². The summed E-state index contributed by atoms with van der Waals surface area (Å²) in [5.41, 5.74) is 0. The Hall–Kier alpha value is -0.430. The van der Waals surface area contributed by atoms with Crippen LogP contribution in [0.25, 0.3) is 0 Å². The second-order valence-electron chi connectivity index (χ2n) is 1.27. The summed E-state index contributed by atoms with van der Waals surface area (Å²) in [7, 11) is 2.28. The van der Waals surface area contributed by atoms with Crippen molar-refractivity contribution in [2.24, 2.45) is 0 Å². The molecule has 1 unspecified atom stereocenters. The number of carbonyl (C=O) groups excluding carboxylic acids is 1. The first-order valence-electron chi connectivity index (χ1n) is 2.14. The lowest BCUT2D eigenvalue weighted by Gasteiger charge is -1.85. The molecular formula is C4H7O3P. The van der Waals surface area contributed by atoms with Crippen LogP contribution in [0.1, 0.15) is 6.42 Å². The third-order valence-corrected chi connectivity index (χ3v) is 0.899. The van der Waals surface area contributed by atoms with Crippen LogP contribution in [0.2, 0.25) is 0 Å². The zero-order valence-electron chi connectivity index (χ0n) is 4.26. The molecule has 8 heavy (non-hydrogen) atoms. The normalized spacial score (nSPS) is 8.62. The van der Waals surface area contributed by atoms with E-state index in [1.54, 1.807) is 0 Å². The van der Waals surface area contributed by atoms with Gasteiger partial charge in [-0.3, -0.25) is 4.79 Å². The minimum atomic E-state index is -1.34. The third kappa shape index (κ3) is 2.69. The fourth-order valence-electron chi connectivity index (χ4n) is 0.238. The minimum Gasteiger partial charge on any atom is -0.476 e. The molecule has 0 spiro atoms. The van der Waals surface area contributed by atoms with Crippen LogP contribution in [0.4, 0.5) is 0 Å². The quantitative estimate of drug-likeness (QED) is 0.433. The summed E-state index contributed by atoms with van der Waals surface area (Å²) < 4.78 is 0. The van der Waals surface area contributed by atoms with Gasteiger partial charge in [0.25, 0.3) is 0 Å². The Morgan fingerprint density at radius 1 is 1.50 bits per heavy atom. The maximum Gasteiger partial charge on any atom is 0.372 e. The van der Waals surface area contributed by atoms with Gasteiger partial charge in [-0.2, -0.15) is 0 Å². The molecule has 0 aromatic carbocycles. The predicted octanol–water partition coefficient (Wildman–Crippen LogP) is -0.0947. The smallest absolute Gasteiger partial charge is 0.372 e. The maximum atomic E-state index is 10.1.